The van der Waals surface area contributed by atoms with E-state index in [1.807, 2.05) is 0 Å². The highest BCUT2D eigenvalue weighted by atomic mass is 19.4. The molecule has 1 aromatic rings. The number of rotatable bonds is 5. The van der Waals surface area contributed by atoms with Crippen molar-refractivity contribution in [1.82, 2.24) is 4.90 Å². The molecule has 0 radical (unpaired) electrons. The van der Waals surface area contributed by atoms with E-state index >= 15 is 0 Å². The summed E-state index contributed by atoms with van der Waals surface area (Å²) >= 11 is 0. The predicted octanol–water partition coefficient (Wildman–Crippen LogP) is 2.21. The quantitative estimate of drug-likeness (QED) is 0.819. The molecule has 102 valence electrons. The van der Waals surface area contributed by atoms with E-state index in [2.05, 4.69) is 0 Å². The molecule has 4 nitrogen and oxygen atoms in total. The molecule has 0 saturated heterocycles. The lowest BCUT2D eigenvalue weighted by molar-refractivity contribution is -0.168. The lowest BCUT2D eigenvalue weighted by Gasteiger charge is -2.25. The van der Waals surface area contributed by atoms with Crippen molar-refractivity contribution in [3.63, 3.8) is 0 Å². The van der Waals surface area contributed by atoms with Crippen molar-refractivity contribution in [3.8, 4) is 0 Å². The lowest BCUT2D eigenvalue weighted by atomic mass is 10.3. The van der Waals surface area contributed by atoms with E-state index < -0.39 is 24.7 Å². The van der Waals surface area contributed by atoms with Gasteiger partial charge < -0.3 is 14.1 Å². The molecule has 0 aromatic carbocycles. The van der Waals surface area contributed by atoms with Gasteiger partial charge in [-0.1, -0.05) is 0 Å². The maximum atomic E-state index is 12.4. The highest BCUT2D eigenvalue weighted by Gasteiger charge is 2.34. The SMILES string of the molecule is COC(C)C(=O)N(Cc1ccco1)CC(F)(F)F. The molecule has 1 atom stereocenters. The Balaban J connectivity index is 2.78. The number of carbonyl (C=O) groups excluding carboxylic acids is 1. The van der Waals surface area contributed by atoms with E-state index in [1.165, 1.54) is 26.4 Å². The molecule has 1 heterocycles. The molecule has 0 aliphatic carbocycles. The summed E-state index contributed by atoms with van der Waals surface area (Å²) in [5, 5.41) is 0. The third kappa shape index (κ3) is 4.40. The van der Waals surface area contributed by atoms with Crippen LogP contribution in [0.2, 0.25) is 0 Å². The first-order chi connectivity index (χ1) is 8.33. The lowest BCUT2D eigenvalue weighted by Crippen LogP contribution is -2.43. The van der Waals surface area contributed by atoms with E-state index in [0.29, 0.717) is 4.90 Å². The Hall–Kier alpha value is -1.50. The average molecular weight is 265 g/mol. The molecule has 0 spiro atoms. The van der Waals surface area contributed by atoms with Crippen LogP contribution < -0.4 is 0 Å². The highest BCUT2D eigenvalue weighted by molar-refractivity contribution is 5.80. The van der Waals surface area contributed by atoms with E-state index in [9.17, 15) is 18.0 Å². The van der Waals surface area contributed by atoms with Crippen LogP contribution in [0.5, 0.6) is 0 Å². The van der Waals surface area contributed by atoms with Crippen LogP contribution in [-0.2, 0) is 16.1 Å². The van der Waals surface area contributed by atoms with Gasteiger partial charge in [0, 0.05) is 7.11 Å². The number of halogens is 3. The largest absolute Gasteiger partial charge is 0.467 e. The summed E-state index contributed by atoms with van der Waals surface area (Å²) in [6, 6.07) is 3.06. The maximum Gasteiger partial charge on any atom is 0.406 e. The minimum Gasteiger partial charge on any atom is -0.467 e. The molecule has 7 heteroatoms. The average Bonchev–Trinajstić information content (AvgIpc) is 2.77. The number of methoxy groups -OCH3 is 1. The van der Waals surface area contributed by atoms with Gasteiger partial charge in [0.15, 0.2) is 0 Å². The van der Waals surface area contributed by atoms with E-state index in [-0.39, 0.29) is 12.3 Å². The number of nitrogens with zero attached hydrogens (tertiary/aromatic N) is 1. The van der Waals surface area contributed by atoms with Crippen LogP contribution >= 0.6 is 0 Å². The Morgan fingerprint density at radius 3 is 2.67 bits per heavy atom. The van der Waals surface area contributed by atoms with Crippen molar-refractivity contribution in [2.45, 2.75) is 25.7 Å². The van der Waals surface area contributed by atoms with Gasteiger partial charge in [0.1, 0.15) is 18.4 Å². The minimum absolute atomic E-state index is 0.237. The normalized spacial score (nSPS) is 13.4. The minimum atomic E-state index is -4.46. The molecule has 0 N–H and O–H groups in total. The molecule has 18 heavy (non-hydrogen) atoms. The molecule has 0 fully saturated rings. The summed E-state index contributed by atoms with van der Waals surface area (Å²) in [4.78, 5) is 12.4. The molecule has 1 aromatic heterocycles. The van der Waals surface area contributed by atoms with Gasteiger partial charge in [0.2, 0.25) is 0 Å². The van der Waals surface area contributed by atoms with Gasteiger partial charge in [-0.25, -0.2) is 0 Å². The van der Waals surface area contributed by atoms with Crippen molar-refractivity contribution in [1.29, 1.82) is 0 Å². The van der Waals surface area contributed by atoms with Gasteiger partial charge in [0.05, 0.1) is 12.8 Å². The number of hydrogen-bond donors (Lipinski definition) is 0. The number of carbonyl (C=O) groups is 1. The van der Waals surface area contributed by atoms with Crippen LogP contribution in [0.1, 0.15) is 12.7 Å². The molecule has 0 aliphatic rings. The van der Waals surface area contributed by atoms with Crippen LogP contribution in [0.3, 0.4) is 0 Å². The number of amides is 1. The first kappa shape index (κ1) is 14.6. The number of hydrogen-bond acceptors (Lipinski definition) is 3. The first-order valence-corrected chi connectivity index (χ1v) is 5.24. The van der Waals surface area contributed by atoms with Gasteiger partial charge in [-0.15, -0.1) is 0 Å². The molecule has 0 bridgehead atoms. The molecule has 1 rings (SSSR count). The fourth-order valence-corrected chi connectivity index (χ4v) is 1.38. The van der Waals surface area contributed by atoms with Crippen LogP contribution in [-0.4, -0.2) is 36.7 Å². The summed E-state index contributed by atoms with van der Waals surface area (Å²) < 4.78 is 46.9. The first-order valence-electron chi connectivity index (χ1n) is 5.24. The van der Waals surface area contributed by atoms with Gasteiger partial charge in [-0.3, -0.25) is 4.79 Å². The van der Waals surface area contributed by atoms with Crippen molar-refractivity contribution < 1.29 is 27.1 Å². The van der Waals surface area contributed by atoms with Crippen molar-refractivity contribution in [2.24, 2.45) is 0 Å². The maximum absolute atomic E-state index is 12.4. The number of ether oxygens (including phenoxy) is 1. The Bertz CT molecular complexity index is 375. The van der Waals surface area contributed by atoms with Crippen LogP contribution in [0.4, 0.5) is 13.2 Å². The Labute approximate surface area is 102 Å². The summed E-state index contributed by atoms with van der Waals surface area (Å²) in [5.74, 6) is -0.442. The van der Waals surface area contributed by atoms with Crippen LogP contribution in [0.15, 0.2) is 22.8 Å². The zero-order valence-electron chi connectivity index (χ0n) is 10.0. The standard InChI is InChI=1S/C11H14F3NO3/c1-8(17-2)10(16)15(7-11(12,13)14)6-9-4-3-5-18-9/h3-5,8H,6-7H2,1-2H3. The fourth-order valence-electron chi connectivity index (χ4n) is 1.38. The molecular weight excluding hydrogens is 251 g/mol. The zero-order chi connectivity index (χ0) is 13.8. The zero-order valence-corrected chi connectivity index (χ0v) is 10.0. The molecule has 1 amide bonds. The second-order valence-electron chi connectivity index (χ2n) is 3.77. The summed E-state index contributed by atoms with van der Waals surface area (Å²) in [5.41, 5.74) is 0. The van der Waals surface area contributed by atoms with Gasteiger partial charge in [-0.05, 0) is 19.1 Å². The van der Waals surface area contributed by atoms with Gasteiger partial charge >= 0.3 is 6.18 Å². The summed E-state index contributed by atoms with van der Waals surface area (Å²) in [6.07, 6.45) is -4.05. The smallest absolute Gasteiger partial charge is 0.406 e. The Morgan fingerprint density at radius 1 is 1.56 bits per heavy atom. The second-order valence-corrected chi connectivity index (χ2v) is 3.77. The predicted molar refractivity (Wildman–Crippen MR) is 56.7 cm³/mol. The third-order valence-corrected chi connectivity index (χ3v) is 2.31. The van der Waals surface area contributed by atoms with Crippen molar-refractivity contribution in [2.75, 3.05) is 13.7 Å². The van der Waals surface area contributed by atoms with Crippen LogP contribution in [0, 0.1) is 0 Å². The third-order valence-electron chi connectivity index (χ3n) is 2.31. The second kappa shape index (κ2) is 5.90. The Kier molecular flexibility index (Phi) is 4.77. The van der Waals surface area contributed by atoms with Crippen molar-refractivity contribution >= 4 is 5.91 Å². The van der Waals surface area contributed by atoms with E-state index in [0.717, 1.165) is 0 Å². The van der Waals surface area contributed by atoms with Gasteiger partial charge in [0.25, 0.3) is 5.91 Å². The monoisotopic (exact) mass is 265 g/mol. The molecular formula is C11H14F3NO3. The summed E-state index contributed by atoms with van der Waals surface area (Å²) in [7, 11) is 1.27. The topological polar surface area (TPSA) is 42.7 Å². The Morgan fingerprint density at radius 2 is 2.22 bits per heavy atom. The van der Waals surface area contributed by atoms with E-state index in [4.69, 9.17) is 9.15 Å². The fraction of sp³-hybridized carbons (Fsp3) is 0.545. The summed E-state index contributed by atoms with van der Waals surface area (Å²) in [6.45, 7) is -0.173. The highest BCUT2D eigenvalue weighted by Crippen LogP contribution is 2.19. The van der Waals surface area contributed by atoms with Crippen LogP contribution in [0.25, 0.3) is 0 Å². The van der Waals surface area contributed by atoms with E-state index in [1.54, 1.807) is 6.07 Å². The number of furan rings is 1. The van der Waals surface area contributed by atoms with Gasteiger partial charge in [-0.2, -0.15) is 13.2 Å². The van der Waals surface area contributed by atoms with Crippen molar-refractivity contribution in [3.05, 3.63) is 24.2 Å². The molecule has 1 unspecified atom stereocenters. The molecule has 0 aliphatic heterocycles. The number of alkyl halides is 3. The molecule has 0 saturated carbocycles.